The molecular formula is C40H47FN14O5S. The number of nitrogens with one attached hydrogen (secondary N) is 3. The summed E-state index contributed by atoms with van der Waals surface area (Å²) in [5.74, 6) is 0.0666. The van der Waals surface area contributed by atoms with Crippen molar-refractivity contribution in [3.05, 3.63) is 60.9 Å². The van der Waals surface area contributed by atoms with Crippen LogP contribution in [-0.4, -0.2) is 127 Å². The minimum Gasteiger partial charge on any atom is -0.485 e. The number of carbonyl (C=O) groups excluding carboxylic acids is 2. The smallest absolute Gasteiger partial charge is 0.329 e. The summed E-state index contributed by atoms with van der Waals surface area (Å²) < 4.78 is 54.3. The highest BCUT2D eigenvalue weighted by molar-refractivity contribution is 7.89. The van der Waals surface area contributed by atoms with E-state index in [0.717, 1.165) is 55.3 Å². The molecule has 21 heteroatoms. The fourth-order valence-electron chi connectivity index (χ4n) is 8.56. The number of fused-ring (bicyclic) bond motifs is 2. The van der Waals surface area contributed by atoms with Crippen LogP contribution in [0, 0.1) is 11.7 Å². The highest BCUT2D eigenvalue weighted by atomic mass is 32.2. The second kappa shape index (κ2) is 16.0. The number of hydrogen-bond acceptors (Lipinski definition) is 13. The van der Waals surface area contributed by atoms with Crippen LogP contribution >= 0.6 is 0 Å². The van der Waals surface area contributed by atoms with Crippen LogP contribution in [0.2, 0.25) is 0 Å². The molecule has 0 saturated carbocycles. The van der Waals surface area contributed by atoms with E-state index < -0.39 is 21.9 Å². The van der Waals surface area contributed by atoms with E-state index in [-0.39, 0.29) is 53.5 Å². The van der Waals surface area contributed by atoms with Crippen LogP contribution in [0.25, 0.3) is 27.8 Å². The van der Waals surface area contributed by atoms with Gasteiger partial charge in [-0.3, -0.25) is 29.7 Å². The van der Waals surface area contributed by atoms with Crippen molar-refractivity contribution in [3.8, 4) is 17.0 Å². The van der Waals surface area contributed by atoms with E-state index >= 15 is 4.39 Å². The molecule has 3 aliphatic rings. The van der Waals surface area contributed by atoms with E-state index in [1.807, 2.05) is 33.0 Å². The van der Waals surface area contributed by atoms with Crippen molar-refractivity contribution in [2.24, 2.45) is 13.0 Å². The van der Waals surface area contributed by atoms with Gasteiger partial charge < -0.3 is 15.0 Å². The van der Waals surface area contributed by atoms with Gasteiger partial charge in [0.2, 0.25) is 27.5 Å². The maximum Gasteiger partial charge on any atom is 0.329 e. The van der Waals surface area contributed by atoms with E-state index in [1.165, 1.54) is 32.2 Å². The number of ether oxygens (including phenoxy) is 1. The fraction of sp³-hybridized carbons (Fsp3) is 0.425. The van der Waals surface area contributed by atoms with Crippen molar-refractivity contribution in [2.75, 3.05) is 60.9 Å². The molecule has 2 aromatic carbocycles. The Balaban J connectivity index is 0.834. The maximum atomic E-state index is 15.7. The van der Waals surface area contributed by atoms with Crippen LogP contribution in [0.1, 0.15) is 40.0 Å². The number of imide groups is 1. The van der Waals surface area contributed by atoms with Gasteiger partial charge in [-0.1, -0.05) is 0 Å². The number of hydrogen-bond donors (Lipinski definition) is 3. The third kappa shape index (κ3) is 7.83. The van der Waals surface area contributed by atoms with Gasteiger partial charge in [-0.05, 0) is 75.9 Å². The highest BCUT2D eigenvalue weighted by Crippen LogP contribution is 2.35. The summed E-state index contributed by atoms with van der Waals surface area (Å²) in [6.07, 6.45) is 6.43. The van der Waals surface area contributed by atoms with Crippen LogP contribution in [0.3, 0.4) is 0 Å². The molecule has 3 fully saturated rings. The summed E-state index contributed by atoms with van der Waals surface area (Å²) in [6, 6.07) is 9.67. The number of anilines is 4. The molecule has 7 heterocycles. The molecule has 9 rings (SSSR count). The van der Waals surface area contributed by atoms with Crippen molar-refractivity contribution in [1.29, 1.82) is 0 Å². The van der Waals surface area contributed by atoms with Gasteiger partial charge in [0.25, 0.3) is 0 Å². The van der Waals surface area contributed by atoms with Crippen LogP contribution in [0.15, 0.2) is 60.0 Å². The zero-order valence-corrected chi connectivity index (χ0v) is 35.1. The first kappa shape index (κ1) is 40.2. The molecule has 2 unspecified atom stereocenters. The Kier molecular flexibility index (Phi) is 10.6. The van der Waals surface area contributed by atoms with E-state index in [4.69, 9.17) is 4.74 Å². The number of H-pyrrole nitrogens is 1. The molecule has 3 N–H and O–H groups in total. The molecule has 0 spiro atoms. The molecule has 0 radical (unpaired) electrons. The van der Waals surface area contributed by atoms with E-state index in [9.17, 15) is 18.0 Å². The predicted molar refractivity (Wildman–Crippen MR) is 225 cm³/mol. The van der Waals surface area contributed by atoms with Gasteiger partial charge in [0, 0.05) is 88.2 Å². The van der Waals surface area contributed by atoms with Gasteiger partial charge in [-0.15, -0.1) is 5.10 Å². The van der Waals surface area contributed by atoms with E-state index in [1.54, 1.807) is 17.1 Å². The van der Waals surface area contributed by atoms with Crippen LogP contribution in [-0.2, 0) is 21.9 Å². The number of sulfonamides is 1. The Labute approximate surface area is 350 Å². The van der Waals surface area contributed by atoms with Crippen molar-refractivity contribution in [1.82, 2.24) is 54.1 Å². The molecule has 61 heavy (non-hydrogen) atoms. The Morgan fingerprint density at radius 1 is 1.05 bits per heavy atom. The average Bonchev–Trinajstić information content (AvgIpc) is 3.98. The zero-order chi connectivity index (χ0) is 42.6. The largest absolute Gasteiger partial charge is 0.485 e. The first-order valence-electron chi connectivity index (χ1n) is 20.4. The number of piperidine rings is 1. The first-order chi connectivity index (χ1) is 29.3. The molecule has 0 aliphatic carbocycles. The number of piperazine rings is 1. The Morgan fingerprint density at radius 3 is 2.66 bits per heavy atom. The van der Waals surface area contributed by atoms with Crippen molar-refractivity contribution in [3.63, 3.8) is 0 Å². The number of halogens is 1. The summed E-state index contributed by atoms with van der Waals surface area (Å²) in [5, 5.41) is 21.9. The summed E-state index contributed by atoms with van der Waals surface area (Å²) in [7, 11) is -2.13. The number of benzene rings is 2. The number of urea groups is 1. The maximum absolute atomic E-state index is 15.7. The second-order valence-corrected chi connectivity index (χ2v) is 18.1. The number of amides is 3. The quantitative estimate of drug-likeness (QED) is 0.168. The van der Waals surface area contributed by atoms with Crippen LogP contribution in [0.4, 0.5) is 32.3 Å². The lowest BCUT2D eigenvalue weighted by atomic mass is 9.98. The lowest BCUT2D eigenvalue weighted by Crippen LogP contribution is -2.54. The Morgan fingerprint density at radius 2 is 1.90 bits per heavy atom. The Bertz CT molecular complexity index is 2740. The normalized spacial score (nSPS) is 19.6. The monoisotopic (exact) mass is 854 g/mol. The number of rotatable bonds is 11. The van der Waals surface area contributed by atoms with Gasteiger partial charge in [0.15, 0.2) is 11.6 Å². The minimum atomic E-state index is -3.98. The molecule has 3 amide bonds. The number of nitrogens with zero attached hydrogens (tertiary/aromatic N) is 11. The molecule has 3 aliphatic heterocycles. The topological polar surface area (TPSA) is 204 Å². The van der Waals surface area contributed by atoms with Crippen LogP contribution < -0.4 is 25.2 Å². The van der Waals surface area contributed by atoms with Gasteiger partial charge in [0.05, 0.1) is 28.4 Å². The number of aryl methyl sites for hydroxylation is 1. The van der Waals surface area contributed by atoms with Crippen molar-refractivity contribution >= 4 is 61.7 Å². The fourth-order valence-corrected chi connectivity index (χ4v) is 10.1. The van der Waals surface area contributed by atoms with E-state index in [0.29, 0.717) is 48.0 Å². The number of carbonyl (C=O) groups is 2. The number of aromatic nitrogens is 8. The van der Waals surface area contributed by atoms with Gasteiger partial charge >= 0.3 is 6.03 Å². The van der Waals surface area contributed by atoms with Gasteiger partial charge in [-0.25, -0.2) is 22.6 Å². The third-order valence-electron chi connectivity index (χ3n) is 11.5. The minimum absolute atomic E-state index is 0.0178. The SMILES string of the molecule is CC(C)Oc1c(-c2cn[nH]c2)ncn2nc(Nc3ccc(S(=O)(=O)N4CCCC(CN5CCN(c6ccc7c(N8CCC(=O)NC8=O)nn(C)c7c6)C(C)C5)C4)cc3F)nc12. The van der Waals surface area contributed by atoms with Crippen molar-refractivity contribution in [2.45, 2.75) is 57.1 Å². The van der Waals surface area contributed by atoms with Gasteiger partial charge in [0.1, 0.15) is 17.8 Å². The first-order valence-corrected chi connectivity index (χ1v) is 21.8. The van der Waals surface area contributed by atoms with E-state index in [2.05, 4.69) is 63.8 Å². The van der Waals surface area contributed by atoms with Gasteiger partial charge in [-0.2, -0.15) is 24.0 Å². The molecule has 19 nitrogen and oxygen atoms in total. The number of aromatic amines is 1. The summed E-state index contributed by atoms with van der Waals surface area (Å²) in [6.45, 7) is 10.1. The lowest BCUT2D eigenvalue weighted by molar-refractivity contribution is -0.120. The third-order valence-corrected chi connectivity index (χ3v) is 13.3. The summed E-state index contributed by atoms with van der Waals surface area (Å²) in [5.41, 5.74) is 3.54. The predicted octanol–water partition coefficient (Wildman–Crippen LogP) is 4.13. The lowest BCUT2D eigenvalue weighted by Gasteiger charge is -2.43. The highest BCUT2D eigenvalue weighted by Gasteiger charge is 2.34. The average molecular weight is 855 g/mol. The molecule has 320 valence electrons. The van der Waals surface area contributed by atoms with Crippen LogP contribution in [0.5, 0.6) is 5.75 Å². The second-order valence-electron chi connectivity index (χ2n) is 16.1. The van der Waals surface area contributed by atoms with Crippen molar-refractivity contribution < 1.29 is 27.1 Å². The molecule has 3 saturated heterocycles. The molecule has 2 atom stereocenters. The molecular weight excluding hydrogens is 808 g/mol. The standard InChI is InChI=1S/C40H47FN14O5S/c1-24(2)60-36-35(27-18-43-44-19-27)42-23-55-38(36)47-39(49-55)45-32-10-8-29(17-31(32)41)61(58,59)52-12-5-6-26(22-52)21-51-14-15-53(25(3)20-51)28-7-9-30-33(16-28)50(4)48-37(30)54-13-11-34(56)46-40(54)57/h7-10,16-19,23-26H,5-6,11-15,20-22H2,1-4H3,(H,43,44)(H,45,49)(H,46,56,57). The molecule has 4 aromatic heterocycles. The summed E-state index contributed by atoms with van der Waals surface area (Å²) in [4.78, 5) is 39.4. The molecule has 0 bridgehead atoms. The molecule has 6 aromatic rings. The zero-order valence-electron chi connectivity index (χ0n) is 34.2. The Hall–Kier alpha value is -6.19. The summed E-state index contributed by atoms with van der Waals surface area (Å²) >= 11 is 0.